The van der Waals surface area contributed by atoms with Crippen molar-refractivity contribution >= 4 is 86.5 Å². The lowest BCUT2D eigenvalue weighted by molar-refractivity contribution is -0.136. The molecule has 18 heteroatoms. The summed E-state index contributed by atoms with van der Waals surface area (Å²) in [7, 11) is 0. The number of thiophene rings is 1. The molecule has 2 atom stereocenters. The van der Waals surface area contributed by atoms with Gasteiger partial charge in [0, 0.05) is 77.9 Å². The number of aliphatic imine (C=N–C) groups is 1. The van der Waals surface area contributed by atoms with Crippen LogP contribution in [0, 0.1) is 24.7 Å². The summed E-state index contributed by atoms with van der Waals surface area (Å²) in [5, 5.41) is 26.0. The van der Waals surface area contributed by atoms with Crippen LogP contribution in [0.5, 0.6) is 0 Å². The summed E-state index contributed by atoms with van der Waals surface area (Å²) in [5.41, 5.74) is 6.54. The van der Waals surface area contributed by atoms with E-state index in [0.717, 1.165) is 26.5 Å². The second-order valence-electron chi connectivity index (χ2n) is 14.3. The standard InChI is InChI=1S/C40H41ClN10O6S/c1-20-22(3)58-40-31(20)34(24-8-10-25(41)11-9-24)46-33(35(43)50(40)23(4)42)21(2)36(54)47-49-18-16-48(17-19-49)30(53)14-15-44-27-7-5-6-26-32(27)39(57)51(38(26)56)28-12-13-29(52)45-37(28)55/h5-11,28,33,42-44H,2,12-19H2,1,3-4H3,(H,47,54)(H,45,52,55)/t28?,33-/m0/s1. The van der Waals surface area contributed by atoms with Crippen LogP contribution in [0.1, 0.15) is 68.5 Å². The molecule has 1 aromatic heterocycles. The lowest BCUT2D eigenvalue weighted by Crippen LogP contribution is -2.55. The van der Waals surface area contributed by atoms with Crippen molar-refractivity contribution in [1.29, 1.82) is 10.8 Å². The molecule has 0 saturated carbocycles. The molecule has 4 aliphatic heterocycles. The third kappa shape index (κ3) is 7.43. The van der Waals surface area contributed by atoms with E-state index in [1.165, 1.54) is 22.3 Å². The third-order valence-electron chi connectivity index (χ3n) is 10.7. The number of hydrogen-bond donors (Lipinski definition) is 5. The van der Waals surface area contributed by atoms with Gasteiger partial charge in [-0.1, -0.05) is 36.4 Å². The van der Waals surface area contributed by atoms with Crippen LogP contribution in [0.25, 0.3) is 0 Å². The van der Waals surface area contributed by atoms with E-state index >= 15 is 0 Å². The van der Waals surface area contributed by atoms with E-state index in [1.54, 1.807) is 41.1 Å². The first-order chi connectivity index (χ1) is 27.7. The van der Waals surface area contributed by atoms with E-state index in [1.807, 2.05) is 26.0 Å². The van der Waals surface area contributed by atoms with Gasteiger partial charge in [0.05, 0.1) is 16.8 Å². The van der Waals surface area contributed by atoms with Crippen LogP contribution in [0.4, 0.5) is 10.7 Å². The predicted molar refractivity (Wildman–Crippen MR) is 220 cm³/mol. The summed E-state index contributed by atoms with van der Waals surface area (Å²) >= 11 is 7.66. The molecule has 0 aliphatic carbocycles. The monoisotopic (exact) mass is 824 g/mol. The third-order valence-corrected chi connectivity index (χ3v) is 12.1. The molecule has 3 aromatic rings. The van der Waals surface area contributed by atoms with Crippen molar-refractivity contribution in [3.63, 3.8) is 0 Å². The molecule has 0 spiro atoms. The number of nitrogens with zero attached hydrogens (tertiary/aromatic N) is 5. The number of hydrogen-bond acceptors (Lipinski definition) is 12. The first-order valence-corrected chi connectivity index (χ1v) is 19.8. The molecule has 0 bridgehead atoms. The summed E-state index contributed by atoms with van der Waals surface area (Å²) in [5.74, 6) is -3.08. The number of halogens is 1. The Hall–Kier alpha value is -6.04. The highest BCUT2D eigenvalue weighted by molar-refractivity contribution is 7.17. The molecule has 2 saturated heterocycles. The van der Waals surface area contributed by atoms with Gasteiger partial charge in [-0.2, -0.15) is 0 Å². The minimum atomic E-state index is -1.11. The van der Waals surface area contributed by atoms with Crippen molar-refractivity contribution in [2.24, 2.45) is 4.99 Å². The van der Waals surface area contributed by atoms with Gasteiger partial charge in [0.2, 0.25) is 17.7 Å². The van der Waals surface area contributed by atoms with E-state index in [0.29, 0.717) is 47.6 Å². The van der Waals surface area contributed by atoms with E-state index < -0.39 is 41.6 Å². The van der Waals surface area contributed by atoms with Crippen LogP contribution in [-0.2, 0) is 19.2 Å². The Morgan fingerprint density at radius 3 is 2.40 bits per heavy atom. The van der Waals surface area contributed by atoms with Crippen LogP contribution in [0.15, 0.2) is 59.6 Å². The fraction of sp³-hybridized carbons (Fsp3) is 0.325. The van der Waals surface area contributed by atoms with Crippen molar-refractivity contribution in [1.82, 2.24) is 25.6 Å². The predicted octanol–water partition coefficient (Wildman–Crippen LogP) is 3.65. The number of rotatable bonds is 9. The smallest absolute Gasteiger partial charge is 0.264 e. The van der Waals surface area contributed by atoms with Gasteiger partial charge < -0.3 is 10.2 Å². The van der Waals surface area contributed by atoms with Crippen LogP contribution >= 0.6 is 22.9 Å². The lowest BCUT2D eigenvalue weighted by atomic mass is 9.99. The van der Waals surface area contributed by atoms with Crippen LogP contribution in [0.2, 0.25) is 5.02 Å². The quantitative estimate of drug-likeness (QED) is 0.0922. The maximum absolute atomic E-state index is 13.7. The second-order valence-corrected chi connectivity index (χ2v) is 16.0. The number of anilines is 2. The van der Waals surface area contributed by atoms with Gasteiger partial charge in [0.25, 0.3) is 17.7 Å². The first kappa shape index (κ1) is 40.2. The number of amidine groups is 2. The summed E-state index contributed by atoms with van der Waals surface area (Å²) < 4.78 is 0. The zero-order valence-corrected chi connectivity index (χ0v) is 33.6. The summed E-state index contributed by atoms with van der Waals surface area (Å²) in [6.45, 7) is 11.1. The van der Waals surface area contributed by atoms with Gasteiger partial charge in [-0.15, -0.1) is 11.3 Å². The number of imide groups is 2. The molecule has 0 radical (unpaired) electrons. The van der Waals surface area contributed by atoms with Gasteiger partial charge in [-0.05, 0) is 57.0 Å². The summed E-state index contributed by atoms with van der Waals surface area (Å²) in [6.07, 6.45) is 0.143. The van der Waals surface area contributed by atoms with Gasteiger partial charge in [-0.25, -0.2) is 5.01 Å². The topological polar surface area (TPSA) is 212 Å². The maximum atomic E-state index is 13.7. The number of carbonyl (C=O) groups excluding carboxylic acids is 6. The Morgan fingerprint density at radius 1 is 1.02 bits per heavy atom. The van der Waals surface area contributed by atoms with Crippen LogP contribution < -0.4 is 21.0 Å². The molecule has 5 N–H and O–H groups in total. The zero-order chi connectivity index (χ0) is 41.6. The molecule has 7 rings (SSSR count). The Balaban J connectivity index is 0.965. The van der Waals surface area contributed by atoms with Crippen molar-refractivity contribution < 1.29 is 28.8 Å². The highest BCUT2D eigenvalue weighted by Crippen LogP contribution is 2.40. The van der Waals surface area contributed by atoms with Crippen LogP contribution in [0.3, 0.4) is 0 Å². The number of benzene rings is 2. The normalized spacial score (nSPS) is 19.6. The molecule has 6 amide bonds. The van der Waals surface area contributed by atoms with Gasteiger partial charge >= 0.3 is 0 Å². The highest BCUT2D eigenvalue weighted by Gasteiger charge is 2.46. The van der Waals surface area contributed by atoms with Crippen LogP contribution in [-0.4, -0.2) is 112 Å². The number of hydrazine groups is 1. The summed E-state index contributed by atoms with van der Waals surface area (Å²) in [6, 6.07) is 9.72. The fourth-order valence-electron chi connectivity index (χ4n) is 7.47. The van der Waals surface area contributed by atoms with Crippen molar-refractivity contribution in [3.8, 4) is 0 Å². The van der Waals surface area contributed by atoms with Crippen molar-refractivity contribution in [2.45, 2.75) is 52.1 Å². The Labute approximate surface area is 342 Å². The van der Waals surface area contributed by atoms with E-state index in [4.69, 9.17) is 22.0 Å². The number of aryl methyl sites for hydroxylation is 1. The number of nitrogens with one attached hydrogen (secondary N) is 5. The number of piperazine rings is 1. The minimum Gasteiger partial charge on any atom is -0.384 e. The molecule has 1 unspecified atom stereocenters. The van der Waals surface area contributed by atoms with E-state index in [9.17, 15) is 34.2 Å². The fourth-order valence-corrected chi connectivity index (χ4v) is 8.82. The molecule has 2 aromatic carbocycles. The Bertz CT molecular complexity index is 2350. The molecular weight excluding hydrogens is 784 g/mol. The van der Waals surface area contributed by atoms with Crippen molar-refractivity contribution in [3.05, 3.63) is 92.3 Å². The lowest BCUT2D eigenvalue weighted by Gasteiger charge is -2.35. The van der Waals surface area contributed by atoms with Gasteiger partial charge in [0.15, 0.2) is 0 Å². The van der Waals surface area contributed by atoms with E-state index in [-0.39, 0.29) is 60.1 Å². The average Bonchev–Trinajstić information content (AvgIpc) is 3.56. The van der Waals surface area contributed by atoms with Gasteiger partial charge in [0.1, 0.15) is 28.8 Å². The minimum absolute atomic E-state index is 0.0158. The molecule has 58 heavy (non-hydrogen) atoms. The average molecular weight is 825 g/mol. The largest absolute Gasteiger partial charge is 0.384 e. The summed E-state index contributed by atoms with van der Waals surface area (Å²) in [4.78, 5) is 87.7. The zero-order valence-electron chi connectivity index (χ0n) is 32.0. The first-order valence-electron chi connectivity index (χ1n) is 18.6. The number of amides is 6. The molecule has 4 aliphatic rings. The Morgan fingerprint density at radius 2 is 1.72 bits per heavy atom. The number of piperidine rings is 1. The number of fused-ring (bicyclic) bond motifs is 2. The van der Waals surface area contributed by atoms with Crippen molar-refractivity contribution in [2.75, 3.05) is 42.9 Å². The second kappa shape index (κ2) is 16.1. The molecule has 5 heterocycles. The number of carbonyl (C=O) groups is 6. The molecular formula is C40H41ClN10O6S. The SMILES string of the molecule is C=C(C(=O)NN1CCN(C(=O)CCNc2cccc3c2C(=O)N(C2CCC(=O)NC2=O)C3=O)CC1)[C@@H]1N=C(c2ccc(Cl)cc2)c2c(sc(C)c2C)N(C(C)=N)C1=N. The Kier molecular flexibility index (Phi) is 11.1. The molecule has 2 fully saturated rings. The molecule has 300 valence electrons. The maximum Gasteiger partial charge on any atom is 0.264 e. The van der Waals surface area contributed by atoms with Gasteiger partial charge in [-0.3, -0.25) is 65.1 Å². The highest BCUT2D eigenvalue weighted by atomic mass is 35.5. The van der Waals surface area contributed by atoms with E-state index in [2.05, 4.69) is 22.6 Å². The molecule has 16 nitrogen and oxygen atoms in total.